The molecular weight excluding hydrogens is 257 g/mol. The highest BCUT2D eigenvalue weighted by Crippen LogP contribution is 2.42. The quantitative estimate of drug-likeness (QED) is 0.901. The van der Waals surface area contributed by atoms with Crippen LogP contribution in [0.2, 0.25) is 0 Å². The van der Waals surface area contributed by atoms with E-state index in [1.165, 1.54) is 6.07 Å². The molecule has 0 unspecified atom stereocenters. The Labute approximate surface area is 116 Å². The molecule has 1 aliphatic carbocycles. The molecule has 0 spiro atoms. The van der Waals surface area contributed by atoms with Crippen molar-refractivity contribution in [2.24, 2.45) is 5.73 Å². The highest BCUT2D eigenvalue weighted by Gasteiger charge is 2.45. The molecule has 0 radical (unpaired) electrons. The summed E-state index contributed by atoms with van der Waals surface area (Å²) in [7, 11) is 0. The zero-order valence-electron chi connectivity index (χ0n) is 10.9. The number of fused-ring (bicyclic) bond motifs is 1. The van der Waals surface area contributed by atoms with E-state index in [9.17, 15) is 9.50 Å². The van der Waals surface area contributed by atoms with Gasteiger partial charge in [-0.15, -0.1) is 0 Å². The molecule has 0 bridgehead atoms. The lowest BCUT2D eigenvalue weighted by atomic mass is 9.97. The Hall–Kier alpha value is -1.91. The zero-order chi connectivity index (χ0) is 14.2. The van der Waals surface area contributed by atoms with Gasteiger partial charge in [0.2, 0.25) is 0 Å². The summed E-state index contributed by atoms with van der Waals surface area (Å²) in [6.45, 7) is 0.0563. The number of benzene rings is 2. The molecule has 0 saturated heterocycles. The minimum absolute atomic E-state index is 0.0563. The van der Waals surface area contributed by atoms with Crippen molar-refractivity contribution >= 4 is 0 Å². The van der Waals surface area contributed by atoms with E-state index in [1.807, 2.05) is 24.3 Å². The Morgan fingerprint density at radius 3 is 2.65 bits per heavy atom. The van der Waals surface area contributed by atoms with Crippen molar-refractivity contribution in [1.29, 1.82) is 0 Å². The molecule has 0 heterocycles. The molecule has 3 rings (SSSR count). The Bertz CT molecular complexity index is 631. The third kappa shape index (κ3) is 2.07. The normalized spacial score (nSPS) is 24.4. The maximum absolute atomic E-state index is 13.7. The predicted molar refractivity (Wildman–Crippen MR) is 73.9 cm³/mol. The second-order valence-corrected chi connectivity index (χ2v) is 5.11. The number of para-hydroxylation sites is 1. The van der Waals surface area contributed by atoms with Gasteiger partial charge >= 0.3 is 0 Å². The van der Waals surface area contributed by atoms with Crippen LogP contribution in [-0.4, -0.2) is 17.3 Å². The molecule has 0 aliphatic heterocycles. The summed E-state index contributed by atoms with van der Waals surface area (Å²) in [6, 6.07) is 13.8. The largest absolute Gasteiger partial charge is 0.480 e. The van der Waals surface area contributed by atoms with E-state index in [0.29, 0.717) is 6.42 Å². The van der Waals surface area contributed by atoms with Gasteiger partial charge in [-0.05, 0) is 23.3 Å². The number of nitrogens with two attached hydrogens (primary N) is 1. The average Bonchev–Trinajstić information content (AvgIpc) is 2.75. The Morgan fingerprint density at radius 2 is 1.90 bits per heavy atom. The van der Waals surface area contributed by atoms with Gasteiger partial charge in [0.05, 0.1) is 0 Å². The van der Waals surface area contributed by atoms with Gasteiger partial charge in [0.15, 0.2) is 17.7 Å². The molecule has 0 aromatic heterocycles. The van der Waals surface area contributed by atoms with Crippen molar-refractivity contribution in [3.8, 4) is 5.75 Å². The first-order chi connectivity index (χ1) is 9.64. The molecule has 3 N–H and O–H groups in total. The van der Waals surface area contributed by atoms with Crippen LogP contribution >= 0.6 is 0 Å². The van der Waals surface area contributed by atoms with Crippen molar-refractivity contribution in [1.82, 2.24) is 0 Å². The van der Waals surface area contributed by atoms with Gasteiger partial charge in [0.1, 0.15) is 5.60 Å². The van der Waals surface area contributed by atoms with Crippen LogP contribution in [0.5, 0.6) is 5.75 Å². The van der Waals surface area contributed by atoms with Crippen LogP contribution in [0.25, 0.3) is 0 Å². The summed E-state index contributed by atoms with van der Waals surface area (Å²) in [5, 5.41) is 10.7. The van der Waals surface area contributed by atoms with Gasteiger partial charge in [-0.2, -0.15) is 0 Å². The topological polar surface area (TPSA) is 55.5 Å². The van der Waals surface area contributed by atoms with Gasteiger partial charge in [-0.25, -0.2) is 4.39 Å². The molecule has 0 fully saturated rings. The lowest BCUT2D eigenvalue weighted by Crippen LogP contribution is -2.44. The monoisotopic (exact) mass is 273 g/mol. The van der Waals surface area contributed by atoms with Crippen molar-refractivity contribution in [2.75, 3.05) is 6.54 Å². The van der Waals surface area contributed by atoms with Crippen LogP contribution in [0.3, 0.4) is 0 Å². The third-order valence-electron chi connectivity index (χ3n) is 3.76. The number of rotatable bonds is 3. The number of hydrogen-bond donors (Lipinski definition) is 2. The minimum atomic E-state index is -1.20. The summed E-state index contributed by atoms with van der Waals surface area (Å²) in [5.74, 6) is -0.322. The first kappa shape index (κ1) is 13.1. The molecule has 2 atom stereocenters. The molecule has 4 heteroatoms. The summed E-state index contributed by atoms with van der Waals surface area (Å²) < 4.78 is 19.5. The zero-order valence-corrected chi connectivity index (χ0v) is 10.9. The van der Waals surface area contributed by atoms with Crippen LogP contribution in [-0.2, 0) is 6.42 Å². The standard InChI is InChI=1S/C16H16FNO2/c17-13-7-3-4-8-14(13)20-15-12-6-2-1-5-11(12)9-16(15,19)10-18/h1-8,15,19H,9-10,18H2/t15-,16+/m0/s1. The summed E-state index contributed by atoms with van der Waals surface area (Å²) >= 11 is 0. The number of ether oxygens (including phenoxy) is 1. The third-order valence-corrected chi connectivity index (χ3v) is 3.76. The highest BCUT2D eigenvalue weighted by molar-refractivity contribution is 5.40. The van der Waals surface area contributed by atoms with E-state index < -0.39 is 17.5 Å². The second-order valence-electron chi connectivity index (χ2n) is 5.11. The SMILES string of the molecule is NC[C@]1(O)Cc2ccccc2[C@@H]1Oc1ccccc1F. The van der Waals surface area contributed by atoms with E-state index in [0.717, 1.165) is 11.1 Å². The van der Waals surface area contributed by atoms with E-state index >= 15 is 0 Å². The van der Waals surface area contributed by atoms with E-state index in [2.05, 4.69) is 0 Å². The molecule has 0 saturated carbocycles. The van der Waals surface area contributed by atoms with E-state index in [4.69, 9.17) is 10.5 Å². The lowest BCUT2D eigenvalue weighted by molar-refractivity contribution is -0.0450. The summed E-state index contributed by atoms with van der Waals surface area (Å²) in [5.41, 5.74) is 6.36. The predicted octanol–water partition coefficient (Wildman–Crippen LogP) is 2.19. The Morgan fingerprint density at radius 1 is 1.20 bits per heavy atom. The van der Waals surface area contributed by atoms with Crippen LogP contribution in [0.4, 0.5) is 4.39 Å². The average molecular weight is 273 g/mol. The minimum Gasteiger partial charge on any atom is -0.480 e. The van der Waals surface area contributed by atoms with Crippen LogP contribution < -0.4 is 10.5 Å². The molecular formula is C16H16FNO2. The Kier molecular flexibility index (Phi) is 3.20. The first-order valence-electron chi connectivity index (χ1n) is 6.55. The smallest absolute Gasteiger partial charge is 0.165 e. The Balaban J connectivity index is 2.00. The fourth-order valence-corrected chi connectivity index (χ4v) is 2.68. The highest BCUT2D eigenvalue weighted by atomic mass is 19.1. The van der Waals surface area contributed by atoms with E-state index in [1.54, 1.807) is 18.2 Å². The molecule has 2 aromatic rings. The van der Waals surface area contributed by atoms with E-state index in [-0.39, 0.29) is 12.3 Å². The maximum Gasteiger partial charge on any atom is 0.165 e. The second kappa shape index (κ2) is 4.89. The van der Waals surface area contributed by atoms with Crippen molar-refractivity contribution in [3.63, 3.8) is 0 Å². The lowest BCUT2D eigenvalue weighted by Gasteiger charge is -2.29. The fourth-order valence-electron chi connectivity index (χ4n) is 2.68. The maximum atomic E-state index is 13.7. The van der Waals surface area contributed by atoms with Crippen LogP contribution in [0, 0.1) is 5.82 Å². The van der Waals surface area contributed by atoms with Crippen LogP contribution in [0.1, 0.15) is 17.2 Å². The van der Waals surface area contributed by atoms with Gasteiger partial charge in [-0.3, -0.25) is 0 Å². The van der Waals surface area contributed by atoms with Crippen molar-refractivity contribution in [2.45, 2.75) is 18.1 Å². The molecule has 20 heavy (non-hydrogen) atoms. The molecule has 3 nitrogen and oxygen atoms in total. The molecule has 104 valence electrons. The van der Waals surface area contributed by atoms with Gasteiger partial charge in [-0.1, -0.05) is 36.4 Å². The molecule has 2 aromatic carbocycles. The number of halogens is 1. The van der Waals surface area contributed by atoms with Gasteiger partial charge in [0.25, 0.3) is 0 Å². The van der Waals surface area contributed by atoms with Gasteiger partial charge < -0.3 is 15.6 Å². The van der Waals surface area contributed by atoms with Crippen LogP contribution in [0.15, 0.2) is 48.5 Å². The molecule has 0 amide bonds. The molecule has 1 aliphatic rings. The number of hydrogen-bond acceptors (Lipinski definition) is 3. The number of aliphatic hydroxyl groups is 1. The summed E-state index contributed by atoms with van der Waals surface area (Å²) in [4.78, 5) is 0. The summed E-state index contributed by atoms with van der Waals surface area (Å²) in [6.07, 6.45) is -0.237. The fraction of sp³-hybridized carbons (Fsp3) is 0.250. The first-order valence-corrected chi connectivity index (χ1v) is 6.55. The van der Waals surface area contributed by atoms with Gasteiger partial charge in [0, 0.05) is 13.0 Å². The van der Waals surface area contributed by atoms with Crippen molar-refractivity contribution < 1.29 is 14.2 Å². The van der Waals surface area contributed by atoms with Crippen molar-refractivity contribution in [3.05, 3.63) is 65.5 Å².